The van der Waals surface area contributed by atoms with E-state index < -0.39 is 16.1 Å². The second kappa shape index (κ2) is 13.4. The Hall–Kier alpha value is -3.65. The van der Waals surface area contributed by atoms with Crippen LogP contribution in [0.4, 0.5) is 5.69 Å². The van der Waals surface area contributed by atoms with Gasteiger partial charge in [-0.1, -0.05) is 72.3 Å². The van der Waals surface area contributed by atoms with Gasteiger partial charge < -0.3 is 10.2 Å². The fraction of sp³-hybridized carbons (Fsp3) is 0.355. The monoisotopic (exact) mass is 549 g/mol. The Bertz CT molecular complexity index is 1370. The highest BCUT2D eigenvalue weighted by atomic mass is 32.2. The molecule has 0 heterocycles. The van der Waals surface area contributed by atoms with E-state index in [0.717, 1.165) is 27.8 Å². The largest absolute Gasteiger partial charge is 0.357 e. The summed E-state index contributed by atoms with van der Waals surface area (Å²) in [7, 11) is -1.99. The molecule has 3 aromatic rings. The van der Waals surface area contributed by atoms with Gasteiger partial charge in [-0.2, -0.15) is 0 Å². The molecule has 0 radical (unpaired) electrons. The van der Waals surface area contributed by atoms with E-state index in [0.29, 0.717) is 18.5 Å². The molecule has 0 fully saturated rings. The van der Waals surface area contributed by atoms with Crippen LogP contribution in [0, 0.1) is 20.8 Å². The molecule has 1 N–H and O–H groups in total. The number of hydrogen-bond donors (Lipinski definition) is 1. The first kappa shape index (κ1) is 29.9. The zero-order chi connectivity index (χ0) is 28.6. The summed E-state index contributed by atoms with van der Waals surface area (Å²) in [6.45, 7) is 6.23. The molecule has 7 nitrogen and oxygen atoms in total. The smallest absolute Gasteiger partial charge is 0.242 e. The first-order chi connectivity index (χ1) is 18.5. The zero-order valence-electron chi connectivity index (χ0n) is 23.5. The number of sulfonamides is 1. The number of rotatable bonds is 12. The van der Waals surface area contributed by atoms with Crippen molar-refractivity contribution in [2.24, 2.45) is 0 Å². The highest BCUT2D eigenvalue weighted by Gasteiger charge is 2.30. The molecule has 0 saturated carbocycles. The predicted molar refractivity (Wildman–Crippen MR) is 157 cm³/mol. The lowest BCUT2D eigenvalue weighted by atomic mass is 10.0. The minimum absolute atomic E-state index is 0.102. The van der Waals surface area contributed by atoms with Crippen molar-refractivity contribution < 1.29 is 18.0 Å². The number of carbonyl (C=O) groups excluding carboxylic acids is 2. The third kappa shape index (κ3) is 8.42. The van der Waals surface area contributed by atoms with Gasteiger partial charge in [0.25, 0.3) is 0 Å². The second-order valence-electron chi connectivity index (χ2n) is 10.1. The van der Waals surface area contributed by atoms with Gasteiger partial charge in [0.05, 0.1) is 11.9 Å². The molecule has 0 unspecified atom stereocenters. The Morgan fingerprint density at radius 3 is 2.13 bits per heavy atom. The first-order valence-corrected chi connectivity index (χ1v) is 15.0. The van der Waals surface area contributed by atoms with Crippen LogP contribution < -0.4 is 9.62 Å². The summed E-state index contributed by atoms with van der Waals surface area (Å²) < 4.78 is 26.8. The standard InChI is InChI=1S/C31H39N3O4S/c1-23-14-17-27(18-15-23)22-33(29(31(36)32-4)21-26-10-7-6-8-11-26)30(35)12-9-19-34(39(5,37)38)28-20-24(2)13-16-25(28)3/h6-8,10-11,13-18,20,29H,9,12,19,21-22H2,1-5H3,(H,32,36)/t29-/m0/s1. The van der Waals surface area contributed by atoms with Crippen molar-refractivity contribution in [3.8, 4) is 0 Å². The molecule has 0 aromatic heterocycles. The number of carbonyl (C=O) groups is 2. The highest BCUT2D eigenvalue weighted by molar-refractivity contribution is 7.92. The van der Waals surface area contributed by atoms with Gasteiger partial charge in [-0.3, -0.25) is 13.9 Å². The van der Waals surface area contributed by atoms with Gasteiger partial charge >= 0.3 is 0 Å². The van der Waals surface area contributed by atoms with Crippen molar-refractivity contribution >= 4 is 27.5 Å². The van der Waals surface area contributed by atoms with Crippen LogP contribution >= 0.6 is 0 Å². The summed E-state index contributed by atoms with van der Waals surface area (Å²) in [6, 6.07) is 22.5. The van der Waals surface area contributed by atoms with Crippen LogP contribution in [0.1, 0.15) is 40.7 Å². The van der Waals surface area contributed by atoms with Crippen LogP contribution in [-0.4, -0.2) is 51.0 Å². The molecular weight excluding hydrogens is 510 g/mol. The fourth-order valence-corrected chi connectivity index (χ4v) is 5.60. The van der Waals surface area contributed by atoms with Crippen LogP contribution in [0.2, 0.25) is 0 Å². The van der Waals surface area contributed by atoms with E-state index >= 15 is 0 Å². The highest BCUT2D eigenvalue weighted by Crippen LogP contribution is 2.25. The van der Waals surface area contributed by atoms with Gasteiger partial charge in [0.15, 0.2) is 0 Å². The quantitative estimate of drug-likeness (QED) is 0.359. The number of amides is 2. The fourth-order valence-electron chi connectivity index (χ4n) is 4.58. The van der Waals surface area contributed by atoms with Crippen molar-refractivity contribution in [3.63, 3.8) is 0 Å². The van der Waals surface area contributed by atoms with Gasteiger partial charge in [0, 0.05) is 33.0 Å². The molecule has 208 valence electrons. The molecule has 0 aliphatic heterocycles. The normalized spacial score (nSPS) is 12.0. The summed E-state index contributed by atoms with van der Waals surface area (Å²) in [5, 5.41) is 2.72. The number of nitrogens with zero attached hydrogens (tertiary/aromatic N) is 2. The number of hydrogen-bond acceptors (Lipinski definition) is 4. The molecule has 0 aliphatic rings. The average Bonchev–Trinajstić information content (AvgIpc) is 2.90. The van der Waals surface area contributed by atoms with Crippen LogP contribution in [0.3, 0.4) is 0 Å². The minimum Gasteiger partial charge on any atom is -0.357 e. The lowest BCUT2D eigenvalue weighted by Gasteiger charge is -2.32. The summed E-state index contributed by atoms with van der Waals surface area (Å²) in [4.78, 5) is 28.4. The molecule has 0 bridgehead atoms. The maximum Gasteiger partial charge on any atom is 0.242 e. The number of likely N-dealkylation sites (N-methyl/N-ethyl adjacent to an activating group) is 1. The van der Waals surface area contributed by atoms with E-state index in [4.69, 9.17) is 0 Å². The Balaban J connectivity index is 1.86. The third-order valence-corrected chi connectivity index (χ3v) is 7.96. The summed E-state index contributed by atoms with van der Waals surface area (Å²) in [5.41, 5.74) is 5.40. The topological polar surface area (TPSA) is 86.8 Å². The molecule has 3 rings (SSSR count). The van der Waals surface area contributed by atoms with Crippen LogP contribution in [0.15, 0.2) is 72.8 Å². The maximum absolute atomic E-state index is 13.7. The van der Waals surface area contributed by atoms with Gasteiger partial charge in [-0.05, 0) is 55.5 Å². The van der Waals surface area contributed by atoms with Crippen LogP contribution in [-0.2, 0) is 32.6 Å². The summed E-state index contributed by atoms with van der Waals surface area (Å²) in [6.07, 6.45) is 1.97. The third-order valence-electron chi connectivity index (χ3n) is 6.78. The minimum atomic E-state index is -3.56. The van der Waals surface area contributed by atoms with Crippen molar-refractivity contribution in [3.05, 3.63) is 101 Å². The van der Waals surface area contributed by atoms with Crippen LogP contribution in [0.5, 0.6) is 0 Å². The number of aryl methyl sites for hydroxylation is 3. The van der Waals surface area contributed by atoms with Crippen molar-refractivity contribution in [1.29, 1.82) is 0 Å². The van der Waals surface area contributed by atoms with E-state index in [2.05, 4.69) is 5.32 Å². The summed E-state index contributed by atoms with van der Waals surface area (Å²) in [5.74, 6) is -0.443. The van der Waals surface area contributed by atoms with E-state index in [1.807, 2.05) is 93.6 Å². The average molecular weight is 550 g/mol. The first-order valence-electron chi connectivity index (χ1n) is 13.1. The van der Waals surface area contributed by atoms with Crippen molar-refractivity contribution in [2.75, 3.05) is 24.2 Å². The Labute approximate surface area is 232 Å². The Morgan fingerprint density at radius 2 is 1.51 bits per heavy atom. The molecule has 0 aliphatic carbocycles. The van der Waals surface area contributed by atoms with Crippen molar-refractivity contribution in [1.82, 2.24) is 10.2 Å². The van der Waals surface area contributed by atoms with Gasteiger partial charge in [-0.15, -0.1) is 0 Å². The van der Waals surface area contributed by atoms with Crippen molar-refractivity contribution in [2.45, 2.75) is 52.6 Å². The van der Waals surface area contributed by atoms with E-state index in [1.165, 1.54) is 10.6 Å². The zero-order valence-corrected chi connectivity index (χ0v) is 24.3. The van der Waals surface area contributed by atoms with Gasteiger partial charge in [0.2, 0.25) is 21.8 Å². The maximum atomic E-state index is 13.7. The number of benzene rings is 3. The lowest BCUT2D eigenvalue weighted by molar-refractivity contribution is -0.141. The van der Waals surface area contributed by atoms with Crippen LogP contribution in [0.25, 0.3) is 0 Å². The number of nitrogens with one attached hydrogen (secondary N) is 1. The molecule has 1 atom stereocenters. The Morgan fingerprint density at radius 1 is 0.872 bits per heavy atom. The molecular formula is C31H39N3O4S. The van der Waals surface area contributed by atoms with Gasteiger partial charge in [0.1, 0.15) is 6.04 Å². The lowest BCUT2D eigenvalue weighted by Crippen LogP contribution is -2.49. The van der Waals surface area contributed by atoms with E-state index in [9.17, 15) is 18.0 Å². The SMILES string of the molecule is CNC(=O)[C@H](Cc1ccccc1)N(Cc1ccc(C)cc1)C(=O)CCCN(c1cc(C)ccc1C)S(C)(=O)=O. The molecule has 0 saturated heterocycles. The molecule has 3 aromatic carbocycles. The predicted octanol–water partition coefficient (Wildman–Crippen LogP) is 4.54. The second-order valence-corrected chi connectivity index (χ2v) is 12.0. The van der Waals surface area contributed by atoms with Gasteiger partial charge in [-0.25, -0.2) is 8.42 Å². The molecule has 2 amide bonds. The molecule has 39 heavy (non-hydrogen) atoms. The van der Waals surface area contributed by atoms with E-state index in [1.54, 1.807) is 11.9 Å². The Kier molecular flexibility index (Phi) is 10.3. The summed E-state index contributed by atoms with van der Waals surface area (Å²) >= 11 is 0. The molecule has 0 spiro atoms. The number of anilines is 1. The molecule has 8 heteroatoms. The van der Waals surface area contributed by atoms with E-state index in [-0.39, 0.29) is 31.3 Å².